The lowest BCUT2D eigenvalue weighted by molar-refractivity contribution is -0.122. The molecule has 0 unspecified atom stereocenters. The third-order valence-corrected chi connectivity index (χ3v) is 4.75. The first-order chi connectivity index (χ1) is 11.0. The number of fused-ring (bicyclic) bond motifs is 2. The van der Waals surface area contributed by atoms with Crippen molar-refractivity contribution in [3.05, 3.63) is 33.2 Å². The zero-order chi connectivity index (χ0) is 16.3. The minimum absolute atomic E-state index is 0.000617. The van der Waals surface area contributed by atoms with Gasteiger partial charge >= 0.3 is 0 Å². The molecule has 1 aliphatic carbocycles. The topological polar surface area (TPSA) is 100 Å². The molecule has 2 aromatic heterocycles. The van der Waals surface area contributed by atoms with Gasteiger partial charge in [-0.1, -0.05) is 23.8 Å². The Balaban J connectivity index is 1.84. The van der Waals surface area contributed by atoms with E-state index in [1.807, 2.05) is 12.2 Å². The smallest absolute Gasteiger partial charge is 0.274 e. The lowest BCUT2D eigenvalue weighted by Crippen LogP contribution is -2.32. The maximum atomic E-state index is 12.5. The molecule has 0 radical (unpaired) electrons. The van der Waals surface area contributed by atoms with E-state index in [0.29, 0.717) is 18.5 Å². The van der Waals surface area contributed by atoms with Crippen molar-refractivity contribution >= 4 is 35.1 Å². The molecule has 8 nitrogen and oxygen atoms in total. The Hall–Kier alpha value is -2.48. The van der Waals surface area contributed by atoms with Gasteiger partial charge < -0.3 is 0 Å². The molecule has 0 aromatic carbocycles. The Labute approximate surface area is 134 Å². The van der Waals surface area contributed by atoms with Gasteiger partial charge in [0.05, 0.1) is 17.5 Å². The van der Waals surface area contributed by atoms with Crippen LogP contribution in [0.3, 0.4) is 0 Å². The van der Waals surface area contributed by atoms with Crippen LogP contribution in [0.2, 0.25) is 5.02 Å². The number of H-pyrrole nitrogens is 1. The van der Waals surface area contributed by atoms with Crippen molar-refractivity contribution in [2.45, 2.75) is 19.8 Å². The highest BCUT2D eigenvalue weighted by Crippen LogP contribution is 2.36. The molecule has 2 aliphatic rings. The molecule has 0 saturated carbocycles. The highest BCUT2D eigenvalue weighted by Gasteiger charge is 2.49. The number of hydrogen-bond donors (Lipinski definition) is 1. The van der Waals surface area contributed by atoms with Crippen LogP contribution in [-0.2, 0) is 9.59 Å². The molecule has 0 spiro atoms. The van der Waals surface area contributed by atoms with Gasteiger partial charge in [-0.05, 0) is 19.8 Å². The molecule has 1 saturated heterocycles. The fraction of sp³-hybridized carbons (Fsp3) is 0.357. The van der Waals surface area contributed by atoms with E-state index in [-0.39, 0.29) is 40.4 Å². The highest BCUT2D eigenvalue weighted by atomic mass is 35.5. The van der Waals surface area contributed by atoms with E-state index in [1.165, 1.54) is 0 Å². The van der Waals surface area contributed by atoms with Crippen LogP contribution in [0.15, 0.2) is 16.9 Å². The number of halogens is 1. The predicted molar refractivity (Wildman–Crippen MR) is 81.2 cm³/mol. The molecule has 0 bridgehead atoms. The lowest BCUT2D eigenvalue weighted by atomic mass is 9.85. The summed E-state index contributed by atoms with van der Waals surface area (Å²) in [6.45, 7) is 1.59. The molecule has 2 amide bonds. The van der Waals surface area contributed by atoms with Crippen molar-refractivity contribution in [3.63, 3.8) is 0 Å². The van der Waals surface area contributed by atoms with Crippen LogP contribution in [-0.4, -0.2) is 31.4 Å². The van der Waals surface area contributed by atoms with Crippen LogP contribution < -0.4 is 10.5 Å². The summed E-state index contributed by atoms with van der Waals surface area (Å²) in [5, 5.41) is 2.62. The minimum Gasteiger partial charge on any atom is -0.274 e. The van der Waals surface area contributed by atoms with Gasteiger partial charge in [-0.15, -0.1) is 0 Å². The van der Waals surface area contributed by atoms with Crippen LogP contribution >= 0.6 is 11.6 Å². The molecule has 9 heteroatoms. The Morgan fingerprint density at radius 1 is 1.13 bits per heavy atom. The molecular formula is C14H12ClN5O3. The quantitative estimate of drug-likeness (QED) is 0.615. The fourth-order valence-electron chi connectivity index (χ4n) is 3.10. The Morgan fingerprint density at radius 3 is 2.35 bits per heavy atom. The molecule has 1 aliphatic heterocycles. The maximum absolute atomic E-state index is 12.5. The number of nitrogens with one attached hydrogen (secondary N) is 1. The largest absolute Gasteiger partial charge is 0.293 e. The second kappa shape index (κ2) is 4.76. The number of imide groups is 1. The van der Waals surface area contributed by atoms with Gasteiger partial charge in [0, 0.05) is 0 Å². The highest BCUT2D eigenvalue weighted by molar-refractivity contribution is 6.31. The van der Waals surface area contributed by atoms with Gasteiger partial charge in [-0.3, -0.25) is 19.5 Å². The second-order valence-electron chi connectivity index (χ2n) is 5.67. The normalized spacial score (nSPS) is 23.8. The standard InChI is InChI=1S/C14H12ClN5O3/c1-6-9(15)12(23)20-13(16-6)17-14(18-20)19-10(21)7-4-2-3-5-8(7)11(19)22/h2-3,7-8H,4-5H2,1H3,(H,16,17,18)/t7-,8+. The second-order valence-corrected chi connectivity index (χ2v) is 6.04. The van der Waals surface area contributed by atoms with Crippen LogP contribution in [0, 0.1) is 18.8 Å². The first-order valence-electron chi connectivity index (χ1n) is 7.16. The summed E-state index contributed by atoms with van der Waals surface area (Å²) in [4.78, 5) is 46.4. The number of anilines is 1. The summed E-state index contributed by atoms with van der Waals surface area (Å²) in [5.74, 6) is -1.27. The van der Waals surface area contributed by atoms with E-state index in [2.05, 4.69) is 15.1 Å². The number of carbonyl (C=O) groups is 2. The first-order valence-corrected chi connectivity index (χ1v) is 7.54. The number of aromatic nitrogens is 4. The predicted octanol–water partition coefficient (Wildman–Crippen LogP) is 0.835. The van der Waals surface area contributed by atoms with E-state index < -0.39 is 5.56 Å². The van der Waals surface area contributed by atoms with Gasteiger partial charge in [0.25, 0.3) is 11.3 Å². The first kappa shape index (κ1) is 14.1. The van der Waals surface area contributed by atoms with Gasteiger partial charge in [-0.2, -0.15) is 9.50 Å². The average Bonchev–Trinajstić information content (AvgIpc) is 3.06. The van der Waals surface area contributed by atoms with E-state index in [0.717, 1.165) is 9.42 Å². The SMILES string of the molecule is Cc1nc2nc(N3C(=O)[C@H]4CC=CC[C@H]4C3=O)[nH]n2c(=O)c1Cl. The molecular weight excluding hydrogens is 322 g/mol. The van der Waals surface area contributed by atoms with Crippen molar-refractivity contribution in [2.24, 2.45) is 11.8 Å². The fourth-order valence-corrected chi connectivity index (χ4v) is 3.22. The van der Waals surface area contributed by atoms with Gasteiger partial charge in [0.15, 0.2) is 0 Å². The third-order valence-electron chi connectivity index (χ3n) is 4.31. The molecule has 3 heterocycles. The maximum Gasteiger partial charge on any atom is 0.293 e. The van der Waals surface area contributed by atoms with Gasteiger partial charge in [-0.25, -0.2) is 9.88 Å². The van der Waals surface area contributed by atoms with Crippen molar-refractivity contribution in [2.75, 3.05) is 4.90 Å². The minimum atomic E-state index is -0.522. The molecule has 1 fully saturated rings. The lowest BCUT2D eigenvalue weighted by Gasteiger charge is -2.14. The molecule has 1 N–H and O–H groups in total. The Bertz CT molecular complexity index is 918. The number of nitrogens with zero attached hydrogens (tertiary/aromatic N) is 4. The van der Waals surface area contributed by atoms with Gasteiger partial charge in [0.2, 0.25) is 17.8 Å². The number of rotatable bonds is 1. The van der Waals surface area contributed by atoms with Crippen molar-refractivity contribution in [1.82, 2.24) is 19.6 Å². The number of aryl methyl sites for hydroxylation is 1. The Morgan fingerprint density at radius 2 is 1.74 bits per heavy atom. The average molecular weight is 334 g/mol. The molecule has 23 heavy (non-hydrogen) atoms. The summed E-state index contributed by atoms with van der Waals surface area (Å²) in [7, 11) is 0. The zero-order valence-corrected chi connectivity index (χ0v) is 12.9. The van der Waals surface area contributed by atoms with Crippen molar-refractivity contribution in [1.29, 1.82) is 0 Å². The van der Waals surface area contributed by atoms with Crippen LogP contribution in [0.25, 0.3) is 5.78 Å². The van der Waals surface area contributed by atoms with E-state index in [9.17, 15) is 14.4 Å². The van der Waals surface area contributed by atoms with E-state index >= 15 is 0 Å². The van der Waals surface area contributed by atoms with E-state index in [1.54, 1.807) is 6.92 Å². The van der Waals surface area contributed by atoms with Crippen LogP contribution in [0.5, 0.6) is 0 Å². The Kier molecular flexibility index (Phi) is 2.92. The summed E-state index contributed by atoms with van der Waals surface area (Å²) >= 11 is 5.88. The number of carbonyl (C=O) groups excluding carboxylic acids is 2. The number of hydrogen-bond acceptors (Lipinski definition) is 5. The molecule has 2 aromatic rings. The number of aromatic amines is 1. The summed E-state index contributed by atoms with van der Waals surface area (Å²) in [5.41, 5.74) is -0.183. The summed E-state index contributed by atoms with van der Waals surface area (Å²) < 4.78 is 1.03. The molecule has 2 atom stereocenters. The van der Waals surface area contributed by atoms with Gasteiger partial charge in [0.1, 0.15) is 5.02 Å². The monoisotopic (exact) mass is 333 g/mol. The molecule has 118 valence electrons. The van der Waals surface area contributed by atoms with Crippen molar-refractivity contribution < 1.29 is 9.59 Å². The zero-order valence-electron chi connectivity index (χ0n) is 12.1. The molecule has 4 rings (SSSR count). The number of amides is 2. The summed E-state index contributed by atoms with van der Waals surface area (Å²) in [6.07, 6.45) is 4.89. The van der Waals surface area contributed by atoms with Crippen molar-refractivity contribution in [3.8, 4) is 0 Å². The summed E-state index contributed by atoms with van der Waals surface area (Å²) in [6, 6.07) is 0. The third kappa shape index (κ3) is 1.88. The van der Waals surface area contributed by atoms with Crippen LogP contribution in [0.4, 0.5) is 5.95 Å². The van der Waals surface area contributed by atoms with E-state index in [4.69, 9.17) is 11.6 Å². The number of allylic oxidation sites excluding steroid dienone is 2. The van der Waals surface area contributed by atoms with Crippen LogP contribution in [0.1, 0.15) is 18.5 Å².